The van der Waals surface area contributed by atoms with Crippen molar-refractivity contribution < 1.29 is 4.74 Å². The lowest BCUT2D eigenvalue weighted by atomic mass is 10.1. The minimum absolute atomic E-state index is 0.649. The number of anilines is 2. The molecule has 1 aromatic heterocycles. The average molecular weight is 300 g/mol. The van der Waals surface area contributed by atoms with Gasteiger partial charge in [-0.3, -0.25) is 0 Å². The lowest BCUT2D eigenvalue weighted by Crippen LogP contribution is -2.10. The molecule has 0 unspecified atom stereocenters. The molecule has 0 bridgehead atoms. The van der Waals surface area contributed by atoms with Crippen molar-refractivity contribution in [2.75, 3.05) is 30.9 Å². The van der Waals surface area contributed by atoms with Gasteiger partial charge in [-0.1, -0.05) is 29.8 Å². The van der Waals surface area contributed by atoms with Crippen LogP contribution in [0.5, 0.6) is 0 Å². The summed E-state index contributed by atoms with van der Waals surface area (Å²) in [6, 6.07) is 10.4. The summed E-state index contributed by atoms with van der Waals surface area (Å²) in [7, 11) is 1.71. The summed E-state index contributed by atoms with van der Waals surface area (Å²) in [6.07, 6.45) is 0.950. The van der Waals surface area contributed by atoms with Crippen LogP contribution < -0.4 is 10.6 Å². The van der Waals surface area contributed by atoms with E-state index in [1.54, 1.807) is 7.11 Å². The maximum absolute atomic E-state index is 5.04. The Bertz CT molecular complexity index is 601. The fraction of sp³-hybridized carbons (Fsp3) is 0.412. The number of hydrogen-bond acceptors (Lipinski definition) is 5. The van der Waals surface area contributed by atoms with Crippen LogP contribution in [0.25, 0.3) is 0 Å². The van der Waals surface area contributed by atoms with Gasteiger partial charge in [0.1, 0.15) is 5.82 Å². The Kier molecular flexibility index (Phi) is 6.15. The normalized spacial score (nSPS) is 10.5. The summed E-state index contributed by atoms with van der Waals surface area (Å²) in [6.45, 7) is 6.36. The average Bonchev–Trinajstić information content (AvgIpc) is 2.49. The zero-order valence-electron chi connectivity index (χ0n) is 13.5. The van der Waals surface area contributed by atoms with Crippen molar-refractivity contribution in [1.29, 1.82) is 0 Å². The molecular weight excluding hydrogens is 276 g/mol. The van der Waals surface area contributed by atoms with Crippen molar-refractivity contribution in [3.05, 3.63) is 47.2 Å². The summed E-state index contributed by atoms with van der Waals surface area (Å²) in [5.74, 6) is 1.49. The third kappa shape index (κ3) is 5.33. The fourth-order valence-corrected chi connectivity index (χ4v) is 2.17. The Balaban J connectivity index is 1.94. The maximum atomic E-state index is 5.04. The molecule has 1 heterocycles. The summed E-state index contributed by atoms with van der Waals surface area (Å²) in [5, 5.41) is 6.58. The molecule has 5 nitrogen and oxygen atoms in total. The van der Waals surface area contributed by atoms with E-state index in [0.717, 1.165) is 31.1 Å². The van der Waals surface area contributed by atoms with E-state index < -0.39 is 0 Å². The summed E-state index contributed by atoms with van der Waals surface area (Å²) in [4.78, 5) is 8.92. The molecule has 0 saturated carbocycles. The van der Waals surface area contributed by atoms with Crippen LogP contribution in [-0.2, 0) is 11.3 Å². The molecule has 0 saturated heterocycles. The number of nitrogens with zero attached hydrogens (tertiary/aromatic N) is 2. The van der Waals surface area contributed by atoms with Gasteiger partial charge in [0.15, 0.2) is 0 Å². The Morgan fingerprint density at radius 2 is 1.95 bits per heavy atom. The number of aryl methyl sites for hydroxylation is 2. The minimum Gasteiger partial charge on any atom is -0.385 e. The SMILES string of the molecule is COCCCNc1cc(C)nc(NCc2cccc(C)c2)n1. The summed E-state index contributed by atoms with van der Waals surface area (Å²) in [5.41, 5.74) is 3.42. The van der Waals surface area contributed by atoms with Crippen molar-refractivity contribution in [1.82, 2.24) is 9.97 Å². The smallest absolute Gasteiger partial charge is 0.225 e. The van der Waals surface area contributed by atoms with Crippen LogP contribution >= 0.6 is 0 Å². The zero-order chi connectivity index (χ0) is 15.8. The third-order valence-electron chi connectivity index (χ3n) is 3.22. The fourth-order valence-electron chi connectivity index (χ4n) is 2.17. The first kappa shape index (κ1) is 16.2. The first-order valence-electron chi connectivity index (χ1n) is 7.55. The van der Waals surface area contributed by atoms with Gasteiger partial charge in [0.05, 0.1) is 0 Å². The zero-order valence-corrected chi connectivity index (χ0v) is 13.5. The van der Waals surface area contributed by atoms with E-state index in [2.05, 4.69) is 51.8 Å². The Labute approximate surface area is 132 Å². The highest BCUT2D eigenvalue weighted by Gasteiger charge is 2.02. The molecule has 2 aromatic rings. The van der Waals surface area contributed by atoms with Gasteiger partial charge in [-0.25, -0.2) is 4.98 Å². The molecule has 22 heavy (non-hydrogen) atoms. The van der Waals surface area contributed by atoms with Crippen molar-refractivity contribution in [2.24, 2.45) is 0 Å². The molecule has 0 aliphatic heterocycles. The highest BCUT2D eigenvalue weighted by molar-refractivity contribution is 5.42. The van der Waals surface area contributed by atoms with E-state index in [9.17, 15) is 0 Å². The molecule has 1 aromatic carbocycles. The number of nitrogens with one attached hydrogen (secondary N) is 2. The van der Waals surface area contributed by atoms with Crippen LogP contribution in [0.4, 0.5) is 11.8 Å². The summed E-state index contributed by atoms with van der Waals surface area (Å²) < 4.78 is 5.04. The number of ether oxygens (including phenoxy) is 1. The van der Waals surface area contributed by atoms with Crippen LogP contribution in [-0.4, -0.2) is 30.2 Å². The molecule has 0 amide bonds. The lowest BCUT2D eigenvalue weighted by molar-refractivity contribution is 0.198. The standard InChI is InChI=1S/C17H24N4O/c1-13-6-4-7-15(10-13)12-19-17-20-14(2)11-16(21-17)18-8-5-9-22-3/h4,6-7,10-11H,5,8-9,12H2,1-3H3,(H2,18,19,20,21). The highest BCUT2D eigenvalue weighted by Crippen LogP contribution is 2.11. The van der Waals surface area contributed by atoms with E-state index in [1.165, 1.54) is 11.1 Å². The molecule has 0 fully saturated rings. The molecule has 0 spiro atoms. The molecule has 5 heteroatoms. The van der Waals surface area contributed by atoms with Crippen LogP contribution in [0.3, 0.4) is 0 Å². The maximum Gasteiger partial charge on any atom is 0.225 e. The van der Waals surface area contributed by atoms with Crippen molar-refractivity contribution >= 4 is 11.8 Å². The molecular formula is C17H24N4O. The van der Waals surface area contributed by atoms with E-state index in [1.807, 2.05) is 13.0 Å². The highest BCUT2D eigenvalue weighted by atomic mass is 16.5. The second kappa shape index (κ2) is 8.34. The second-order valence-corrected chi connectivity index (χ2v) is 5.33. The molecule has 118 valence electrons. The second-order valence-electron chi connectivity index (χ2n) is 5.33. The monoisotopic (exact) mass is 300 g/mol. The van der Waals surface area contributed by atoms with Gasteiger partial charge in [-0.05, 0) is 25.8 Å². The lowest BCUT2D eigenvalue weighted by Gasteiger charge is -2.10. The molecule has 0 atom stereocenters. The van der Waals surface area contributed by atoms with Gasteiger partial charge < -0.3 is 15.4 Å². The largest absolute Gasteiger partial charge is 0.385 e. The Hall–Kier alpha value is -2.14. The molecule has 0 aliphatic carbocycles. The number of hydrogen-bond donors (Lipinski definition) is 2. The van der Waals surface area contributed by atoms with Gasteiger partial charge in [-0.2, -0.15) is 4.98 Å². The molecule has 0 aliphatic rings. The van der Waals surface area contributed by atoms with Crippen molar-refractivity contribution in [3.8, 4) is 0 Å². The van der Waals surface area contributed by atoms with Crippen LogP contribution in [0.1, 0.15) is 23.2 Å². The minimum atomic E-state index is 0.649. The first-order chi connectivity index (χ1) is 10.7. The Morgan fingerprint density at radius 3 is 2.73 bits per heavy atom. The molecule has 2 rings (SSSR count). The molecule has 0 radical (unpaired) electrons. The van der Waals surface area contributed by atoms with Gasteiger partial charge in [0.25, 0.3) is 0 Å². The topological polar surface area (TPSA) is 59.1 Å². The van der Waals surface area contributed by atoms with E-state index in [4.69, 9.17) is 4.74 Å². The Morgan fingerprint density at radius 1 is 1.09 bits per heavy atom. The van der Waals surface area contributed by atoms with E-state index in [-0.39, 0.29) is 0 Å². The number of rotatable bonds is 8. The van der Waals surface area contributed by atoms with Crippen LogP contribution in [0.15, 0.2) is 30.3 Å². The van der Waals surface area contributed by atoms with Gasteiger partial charge in [0.2, 0.25) is 5.95 Å². The quantitative estimate of drug-likeness (QED) is 0.733. The van der Waals surface area contributed by atoms with Crippen molar-refractivity contribution in [2.45, 2.75) is 26.8 Å². The molecule has 2 N–H and O–H groups in total. The number of benzene rings is 1. The van der Waals surface area contributed by atoms with Crippen molar-refractivity contribution in [3.63, 3.8) is 0 Å². The van der Waals surface area contributed by atoms with Gasteiger partial charge in [0, 0.05) is 38.6 Å². The first-order valence-corrected chi connectivity index (χ1v) is 7.55. The third-order valence-corrected chi connectivity index (χ3v) is 3.22. The van der Waals surface area contributed by atoms with Gasteiger partial charge in [-0.15, -0.1) is 0 Å². The van der Waals surface area contributed by atoms with E-state index in [0.29, 0.717) is 12.5 Å². The van der Waals surface area contributed by atoms with Crippen LogP contribution in [0.2, 0.25) is 0 Å². The van der Waals surface area contributed by atoms with Gasteiger partial charge >= 0.3 is 0 Å². The number of methoxy groups -OCH3 is 1. The summed E-state index contributed by atoms with van der Waals surface area (Å²) >= 11 is 0. The van der Waals surface area contributed by atoms with E-state index >= 15 is 0 Å². The van der Waals surface area contributed by atoms with Crippen LogP contribution in [0, 0.1) is 13.8 Å². The predicted octanol–water partition coefficient (Wildman–Crippen LogP) is 3.15. The number of aromatic nitrogens is 2. The predicted molar refractivity (Wildman–Crippen MR) is 90.3 cm³/mol.